The third-order valence-corrected chi connectivity index (χ3v) is 3.95. The summed E-state index contributed by atoms with van der Waals surface area (Å²) in [4.78, 5) is 11.8. The fourth-order valence-corrected chi connectivity index (χ4v) is 2.42. The van der Waals surface area contributed by atoms with Crippen molar-refractivity contribution in [3.05, 3.63) is 33.8 Å². The van der Waals surface area contributed by atoms with Crippen molar-refractivity contribution in [1.29, 1.82) is 0 Å². The summed E-state index contributed by atoms with van der Waals surface area (Å²) < 4.78 is 4.61. The lowest BCUT2D eigenvalue weighted by atomic mass is 10.4. The molecular formula is C14H20BrN5O. The van der Waals surface area contributed by atoms with Gasteiger partial charge in [-0.3, -0.25) is 14.2 Å². The molecule has 1 amide bonds. The van der Waals surface area contributed by atoms with Gasteiger partial charge in [-0.1, -0.05) is 0 Å². The van der Waals surface area contributed by atoms with Crippen molar-refractivity contribution in [3.8, 4) is 0 Å². The first-order valence-corrected chi connectivity index (χ1v) is 7.72. The van der Waals surface area contributed by atoms with E-state index in [1.54, 1.807) is 4.68 Å². The molecule has 6 nitrogen and oxygen atoms in total. The summed E-state index contributed by atoms with van der Waals surface area (Å²) in [5.41, 5.74) is 2.91. The van der Waals surface area contributed by atoms with Crippen LogP contribution in [-0.2, 0) is 17.9 Å². The second-order valence-corrected chi connectivity index (χ2v) is 5.97. The molecular weight excluding hydrogens is 334 g/mol. The Morgan fingerprint density at radius 3 is 2.67 bits per heavy atom. The molecule has 0 aliphatic heterocycles. The third kappa shape index (κ3) is 4.42. The van der Waals surface area contributed by atoms with Crippen LogP contribution in [0.15, 0.2) is 16.7 Å². The Balaban J connectivity index is 1.71. The first-order chi connectivity index (χ1) is 9.95. The molecule has 0 spiro atoms. The molecule has 0 saturated carbocycles. The molecule has 0 radical (unpaired) electrons. The summed E-state index contributed by atoms with van der Waals surface area (Å²) in [6.07, 6.45) is 2.80. The zero-order valence-electron chi connectivity index (χ0n) is 12.6. The molecule has 0 atom stereocenters. The lowest BCUT2D eigenvalue weighted by Gasteiger charge is -2.07. The highest BCUT2D eigenvalue weighted by atomic mass is 79.9. The van der Waals surface area contributed by atoms with Gasteiger partial charge in [0.2, 0.25) is 5.91 Å². The minimum absolute atomic E-state index is 0.0148. The standard InChI is InChI=1S/C14H20BrN5O/c1-10-7-11(2)20(17-10)9-14(21)16-5-4-6-19-8-13(15)12(3)18-19/h7-8H,4-6,9H2,1-3H3,(H,16,21). The highest BCUT2D eigenvalue weighted by Crippen LogP contribution is 2.13. The number of hydrogen-bond acceptors (Lipinski definition) is 3. The SMILES string of the molecule is Cc1cc(C)n(CC(=O)NCCCn2cc(Br)c(C)n2)n1. The van der Waals surface area contributed by atoms with Crippen molar-refractivity contribution in [2.75, 3.05) is 6.54 Å². The second-order valence-electron chi connectivity index (χ2n) is 5.11. The van der Waals surface area contributed by atoms with Crippen LogP contribution >= 0.6 is 15.9 Å². The Kier molecular flexibility index (Phi) is 5.17. The molecule has 0 aliphatic rings. The minimum Gasteiger partial charge on any atom is -0.354 e. The number of carbonyl (C=O) groups is 1. The fraction of sp³-hybridized carbons (Fsp3) is 0.500. The maximum absolute atomic E-state index is 11.8. The van der Waals surface area contributed by atoms with Crippen LogP contribution in [-0.4, -0.2) is 32.0 Å². The van der Waals surface area contributed by atoms with Gasteiger partial charge < -0.3 is 5.32 Å². The predicted molar refractivity (Wildman–Crippen MR) is 84.0 cm³/mol. The average molecular weight is 354 g/mol. The fourth-order valence-electron chi connectivity index (χ4n) is 2.10. The smallest absolute Gasteiger partial charge is 0.241 e. The summed E-state index contributed by atoms with van der Waals surface area (Å²) >= 11 is 3.43. The molecule has 2 rings (SSSR count). The Labute approximate surface area is 132 Å². The summed E-state index contributed by atoms with van der Waals surface area (Å²) in [5, 5.41) is 11.5. The molecule has 21 heavy (non-hydrogen) atoms. The van der Waals surface area contributed by atoms with E-state index >= 15 is 0 Å². The number of aryl methyl sites for hydroxylation is 4. The summed E-state index contributed by atoms with van der Waals surface area (Å²) in [6, 6.07) is 1.96. The first kappa shape index (κ1) is 15.8. The van der Waals surface area contributed by atoms with Gasteiger partial charge in [0.25, 0.3) is 0 Å². The zero-order valence-corrected chi connectivity index (χ0v) is 14.1. The number of rotatable bonds is 6. The van der Waals surface area contributed by atoms with E-state index in [0.29, 0.717) is 6.54 Å². The molecule has 2 heterocycles. The third-order valence-electron chi connectivity index (χ3n) is 3.17. The lowest BCUT2D eigenvalue weighted by Crippen LogP contribution is -2.29. The number of aromatic nitrogens is 4. The van der Waals surface area contributed by atoms with Gasteiger partial charge in [-0.05, 0) is 49.2 Å². The van der Waals surface area contributed by atoms with Gasteiger partial charge in [0.1, 0.15) is 6.54 Å². The predicted octanol–water partition coefficient (Wildman–Crippen LogP) is 1.97. The largest absolute Gasteiger partial charge is 0.354 e. The monoisotopic (exact) mass is 353 g/mol. The van der Waals surface area contributed by atoms with E-state index in [4.69, 9.17) is 0 Å². The molecule has 114 valence electrons. The second kappa shape index (κ2) is 6.89. The normalized spacial score (nSPS) is 10.9. The molecule has 2 aromatic heterocycles. The minimum atomic E-state index is -0.0148. The zero-order chi connectivity index (χ0) is 15.4. The van der Waals surface area contributed by atoms with E-state index in [0.717, 1.165) is 34.5 Å². The van der Waals surface area contributed by atoms with Crippen molar-refractivity contribution < 1.29 is 4.79 Å². The quantitative estimate of drug-likeness (QED) is 0.807. The molecule has 0 aliphatic carbocycles. The number of amides is 1. The Morgan fingerprint density at radius 2 is 2.10 bits per heavy atom. The van der Waals surface area contributed by atoms with Crippen molar-refractivity contribution in [1.82, 2.24) is 24.9 Å². The highest BCUT2D eigenvalue weighted by molar-refractivity contribution is 9.10. The van der Waals surface area contributed by atoms with Gasteiger partial charge in [-0.15, -0.1) is 0 Å². The summed E-state index contributed by atoms with van der Waals surface area (Å²) in [5.74, 6) is -0.0148. The van der Waals surface area contributed by atoms with Gasteiger partial charge in [-0.25, -0.2) is 0 Å². The number of halogens is 1. The van der Waals surface area contributed by atoms with E-state index in [1.165, 1.54) is 0 Å². The van der Waals surface area contributed by atoms with Crippen molar-refractivity contribution in [2.45, 2.75) is 40.3 Å². The Morgan fingerprint density at radius 1 is 1.33 bits per heavy atom. The van der Waals surface area contributed by atoms with Crippen LogP contribution in [0.1, 0.15) is 23.5 Å². The lowest BCUT2D eigenvalue weighted by molar-refractivity contribution is -0.121. The molecule has 0 bridgehead atoms. The molecule has 0 unspecified atom stereocenters. The molecule has 7 heteroatoms. The van der Waals surface area contributed by atoms with Gasteiger partial charge in [0.15, 0.2) is 0 Å². The summed E-state index contributed by atoms with van der Waals surface area (Å²) in [7, 11) is 0. The van der Waals surface area contributed by atoms with Crippen LogP contribution in [0.3, 0.4) is 0 Å². The van der Waals surface area contributed by atoms with Gasteiger partial charge in [-0.2, -0.15) is 10.2 Å². The van der Waals surface area contributed by atoms with Crippen LogP contribution in [0.4, 0.5) is 0 Å². The van der Waals surface area contributed by atoms with Gasteiger partial charge >= 0.3 is 0 Å². The maximum atomic E-state index is 11.8. The number of carbonyl (C=O) groups excluding carboxylic acids is 1. The van der Waals surface area contributed by atoms with Crippen LogP contribution < -0.4 is 5.32 Å². The van der Waals surface area contributed by atoms with Gasteiger partial charge in [0, 0.05) is 25.0 Å². The molecule has 2 aromatic rings. The van der Waals surface area contributed by atoms with Crippen LogP contribution in [0.5, 0.6) is 0 Å². The molecule has 0 fully saturated rings. The Hall–Kier alpha value is -1.63. The first-order valence-electron chi connectivity index (χ1n) is 6.93. The van der Waals surface area contributed by atoms with Crippen molar-refractivity contribution >= 4 is 21.8 Å². The topological polar surface area (TPSA) is 64.7 Å². The van der Waals surface area contributed by atoms with E-state index in [1.807, 2.05) is 37.7 Å². The van der Waals surface area contributed by atoms with E-state index < -0.39 is 0 Å². The van der Waals surface area contributed by atoms with Crippen LogP contribution in [0.2, 0.25) is 0 Å². The molecule has 1 N–H and O–H groups in total. The number of nitrogens with one attached hydrogen (secondary N) is 1. The summed E-state index contributed by atoms with van der Waals surface area (Å²) in [6.45, 7) is 7.51. The van der Waals surface area contributed by atoms with E-state index in [2.05, 4.69) is 31.4 Å². The molecule has 0 saturated heterocycles. The maximum Gasteiger partial charge on any atom is 0.241 e. The van der Waals surface area contributed by atoms with Crippen LogP contribution in [0.25, 0.3) is 0 Å². The van der Waals surface area contributed by atoms with Crippen molar-refractivity contribution in [3.63, 3.8) is 0 Å². The average Bonchev–Trinajstić information content (AvgIpc) is 2.88. The molecule has 0 aromatic carbocycles. The number of hydrogen-bond donors (Lipinski definition) is 1. The van der Waals surface area contributed by atoms with Crippen molar-refractivity contribution in [2.24, 2.45) is 0 Å². The van der Waals surface area contributed by atoms with E-state index in [-0.39, 0.29) is 12.5 Å². The van der Waals surface area contributed by atoms with Crippen LogP contribution in [0, 0.1) is 20.8 Å². The highest BCUT2D eigenvalue weighted by Gasteiger charge is 2.06. The number of nitrogens with zero attached hydrogens (tertiary/aromatic N) is 4. The van der Waals surface area contributed by atoms with Gasteiger partial charge in [0.05, 0.1) is 15.9 Å². The Bertz CT molecular complexity index is 612. The van der Waals surface area contributed by atoms with E-state index in [9.17, 15) is 4.79 Å².